The number of esters is 1. The van der Waals surface area contributed by atoms with Gasteiger partial charge in [0, 0.05) is 35.0 Å². The third kappa shape index (κ3) is 6.52. The number of piperidine rings is 1. The van der Waals surface area contributed by atoms with Crippen molar-refractivity contribution >= 4 is 17.8 Å². The van der Waals surface area contributed by atoms with E-state index < -0.39 is 12.3 Å². The van der Waals surface area contributed by atoms with Crippen LogP contribution in [0.2, 0.25) is 0 Å². The first-order valence-electron chi connectivity index (χ1n) is 14.9. The number of pyridine rings is 1. The highest BCUT2D eigenvalue weighted by atomic mass is 19.4. The summed E-state index contributed by atoms with van der Waals surface area (Å²) in [6, 6.07) is 10.4. The van der Waals surface area contributed by atoms with Crippen LogP contribution in [0.1, 0.15) is 73.2 Å². The van der Waals surface area contributed by atoms with Gasteiger partial charge >= 0.3 is 18.4 Å². The van der Waals surface area contributed by atoms with Crippen molar-refractivity contribution < 1.29 is 41.5 Å². The number of fused-ring (bicyclic) bond motifs is 2. The van der Waals surface area contributed by atoms with Crippen molar-refractivity contribution in [2.24, 2.45) is 5.92 Å². The maximum Gasteiger partial charge on any atom is 0.573 e. The molecule has 1 N–H and O–H groups in total. The molecule has 4 heterocycles. The fourth-order valence-electron chi connectivity index (χ4n) is 6.29. The lowest BCUT2D eigenvalue weighted by molar-refractivity contribution is -0.274. The second-order valence-corrected chi connectivity index (χ2v) is 11.3. The van der Waals surface area contributed by atoms with Crippen molar-refractivity contribution in [2.45, 2.75) is 76.4 Å². The van der Waals surface area contributed by atoms with Crippen molar-refractivity contribution in [1.29, 1.82) is 0 Å². The molecule has 234 valence electrons. The fraction of sp³-hybridized carbons (Fsp3) is 0.484. The Morgan fingerprint density at radius 2 is 1.84 bits per heavy atom. The van der Waals surface area contributed by atoms with Crippen LogP contribution >= 0.6 is 0 Å². The molecule has 3 unspecified atom stereocenters. The summed E-state index contributed by atoms with van der Waals surface area (Å²) >= 11 is 0. The Labute approximate surface area is 251 Å². The van der Waals surface area contributed by atoms with Crippen LogP contribution in [0.5, 0.6) is 5.75 Å². The Balaban J connectivity index is 1.13. The van der Waals surface area contributed by atoms with E-state index in [1.165, 1.54) is 24.3 Å². The largest absolute Gasteiger partial charge is 0.573 e. The summed E-state index contributed by atoms with van der Waals surface area (Å²) in [5.41, 5.74) is 1.19. The zero-order valence-electron chi connectivity index (χ0n) is 24.1. The third-order valence-corrected chi connectivity index (χ3v) is 8.38. The molecule has 1 aliphatic carbocycles. The molecule has 2 aliphatic heterocycles. The Hall–Kier alpha value is -4.13. The summed E-state index contributed by atoms with van der Waals surface area (Å²) in [5.74, 6) is 0.199. The van der Waals surface area contributed by atoms with E-state index >= 15 is 0 Å². The molecule has 13 heteroatoms. The van der Waals surface area contributed by atoms with Gasteiger partial charge in [-0.25, -0.2) is 14.6 Å². The molecule has 3 aromatic rings. The topological polar surface area (TPSA) is 116 Å². The summed E-state index contributed by atoms with van der Waals surface area (Å²) in [5, 5.41) is 6.98. The maximum atomic E-state index is 13.4. The van der Waals surface area contributed by atoms with E-state index in [1.807, 2.05) is 4.90 Å². The van der Waals surface area contributed by atoms with Crippen LogP contribution in [0.3, 0.4) is 0 Å². The Morgan fingerprint density at radius 1 is 1.05 bits per heavy atom. The first kappa shape index (κ1) is 29.9. The molecule has 2 amide bonds. The number of anilines is 1. The summed E-state index contributed by atoms with van der Waals surface area (Å²) in [7, 11) is 0. The quantitative estimate of drug-likeness (QED) is 0.252. The minimum Gasteiger partial charge on any atom is -0.461 e. The van der Waals surface area contributed by atoms with Crippen molar-refractivity contribution in [3.8, 4) is 17.0 Å². The summed E-state index contributed by atoms with van der Waals surface area (Å²) < 4.78 is 60.4. The van der Waals surface area contributed by atoms with Crippen LogP contribution in [0.15, 0.2) is 47.0 Å². The number of benzene rings is 1. The second-order valence-electron chi connectivity index (χ2n) is 11.3. The predicted octanol–water partition coefficient (Wildman–Crippen LogP) is 6.68. The van der Waals surface area contributed by atoms with Gasteiger partial charge in [0.25, 0.3) is 0 Å². The molecule has 1 aromatic carbocycles. The lowest BCUT2D eigenvalue weighted by atomic mass is 9.91. The summed E-state index contributed by atoms with van der Waals surface area (Å²) in [6.45, 7) is 2.39. The van der Waals surface area contributed by atoms with Gasteiger partial charge in [-0.15, -0.1) is 13.2 Å². The monoisotopic (exact) mass is 614 g/mol. The molecule has 6 rings (SSSR count). The van der Waals surface area contributed by atoms with E-state index in [0.29, 0.717) is 17.9 Å². The predicted molar refractivity (Wildman–Crippen MR) is 151 cm³/mol. The molecule has 2 saturated heterocycles. The minimum atomic E-state index is -4.85. The van der Waals surface area contributed by atoms with E-state index in [2.05, 4.69) is 20.2 Å². The smallest absolute Gasteiger partial charge is 0.461 e. The first-order chi connectivity index (χ1) is 21.2. The number of nitrogens with zero attached hydrogens (tertiary/aromatic N) is 3. The van der Waals surface area contributed by atoms with Crippen LogP contribution in [0.25, 0.3) is 11.3 Å². The number of carbonyl (C=O) groups is 2. The molecule has 0 spiro atoms. The Kier molecular flexibility index (Phi) is 8.48. The summed E-state index contributed by atoms with van der Waals surface area (Å²) in [6.07, 6.45) is 0.380. The van der Waals surface area contributed by atoms with Gasteiger partial charge in [0.05, 0.1) is 19.8 Å². The van der Waals surface area contributed by atoms with E-state index in [-0.39, 0.29) is 71.7 Å². The molecule has 3 aliphatic rings. The Bertz CT molecular complexity index is 1510. The molecule has 44 heavy (non-hydrogen) atoms. The first-order valence-corrected chi connectivity index (χ1v) is 14.9. The van der Waals surface area contributed by atoms with Gasteiger partial charge < -0.3 is 23.6 Å². The number of ether oxygens (including phenoxy) is 3. The average Bonchev–Trinajstić information content (AvgIpc) is 3.67. The zero-order valence-corrected chi connectivity index (χ0v) is 24.1. The van der Waals surface area contributed by atoms with E-state index in [4.69, 9.17) is 14.0 Å². The van der Waals surface area contributed by atoms with Gasteiger partial charge in [-0.2, -0.15) is 0 Å². The minimum absolute atomic E-state index is 0.0484. The molecule has 2 bridgehead atoms. The highest BCUT2D eigenvalue weighted by Gasteiger charge is 2.45. The lowest BCUT2D eigenvalue weighted by Gasteiger charge is -2.39. The van der Waals surface area contributed by atoms with E-state index in [9.17, 15) is 22.8 Å². The maximum absolute atomic E-state index is 13.4. The van der Waals surface area contributed by atoms with Crippen LogP contribution in [-0.2, 0) is 16.1 Å². The number of hydrogen-bond acceptors (Lipinski definition) is 8. The van der Waals surface area contributed by atoms with Crippen LogP contribution in [-0.4, -0.2) is 58.7 Å². The van der Waals surface area contributed by atoms with E-state index in [1.54, 1.807) is 25.1 Å². The number of aromatic nitrogens is 2. The molecule has 10 nitrogen and oxygen atoms in total. The fourth-order valence-corrected chi connectivity index (χ4v) is 6.29. The number of para-hydroxylation sites is 1. The Morgan fingerprint density at radius 3 is 2.61 bits per heavy atom. The molecular formula is C31H33F3N4O6. The standard InChI is InChI=1S/C31H33F3N4O6/c1-2-42-29(39)23-7-5-9-26(35-23)36-30(40)38-20-13-12-19(24(38)15-14-20)16-41-17-22-27(37-44-28(22)18-10-11-18)21-6-3-4-8-25(21)43-31(32,33)34/h3-9,18-20,24H,2,10-17H2,1H3,(H,35,36,40). The SMILES string of the molecule is CCOC(=O)c1cccc(NC(=O)N2C3CCC(COCc4c(-c5ccccc5OC(F)(F)F)noc4C4CC4)C2CC3)n1. The lowest BCUT2D eigenvalue weighted by Crippen LogP contribution is -2.51. The second kappa shape index (κ2) is 12.5. The molecular weight excluding hydrogens is 581 g/mol. The number of halogens is 3. The van der Waals surface area contributed by atoms with Gasteiger partial charge in [0.1, 0.15) is 23.0 Å². The highest BCUT2D eigenvalue weighted by Crippen LogP contribution is 2.46. The van der Waals surface area contributed by atoms with Crippen LogP contribution in [0, 0.1) is 5.92 Å². The molecule has 3 fully saturated rings. The summed E-state index contributed by atoms with van der Waals surface area (Å²) in [4.78, 5) is 31.6. The van der Waals surface area contributed by atoms with Gasteiger partial charge in [0.2, 0.25) is 0 Å². The van der Waals surface area contributed by atoms with Crippen LogP contribution in [0.4, 0.5) is 23.8 Å². The van der Waals surface area contributed by atoms with Crippen molar-refractivity contribution in [3.05, 3.63) is 59.5 Å². The van der Waals surface area contributed by atoms with Crippen molar-refractivity contribution in [2.75, 3.05) is 18.5 Å². The number of hydrogen-bond donors (Lipinski definition) is 1. The van der Waals surface area contributed by atoms with Crippen molar-refractivity contribution in [1.82, 2.24) is 15.0 Å². The normalized spacial score (nSPS) is 21.3. The van der Waals surface area contributed by atoms with Crippen LogP contribution < -0.4 is 10.1 Å². The van der Waals surface area contributed by atoms with Crippen molar-refractivity contribution in [3.63, 3.8) is 0 Å². The van der Waals surface area contributed by atoms with E-state index in [0.717, 1.165) is 38.5 Å². The number of nitrogens with one attached hydrogen (secondary N) is 1. The average molecular weight is 615 g/mol. The van der Waals surface area contributed by atoms with Gasteiger partial charge in [-0.05, 0) is 69.7 Å². The van der Waals surface area contributed by atoms with Gasteiger partial charge in [0.15, 0.2) is 5.69 Å². The number of urea groups is 1. The highest BCUT2D eigenvalue weighted by molar-refractivity contribution is 5.91. The molecule has 2 aromatic heterocycles. The van der Waals surface area contributed by atoms with Gasteiger partial charge in [-0.1, -0.05) is 23.4 Å². The number of alkyl halides is 3. The molecule has 0 radical (unpaired) electrons. The molecule has 3 atom stereocenters. The molecule has 1 saturated carbocycles. The number of carbonyl (C=O) groups excluding carboxylic acids is 2. The zero-order chi connectivity index (χ0) is 30.8. The van der Waals surface area contributed by atoms with Gasteiger partial charge in [-0.3, -0.25) is 5.32 Å². The third-order valence-electron chi connectivity index (χ3n) is 8.38. The number of amides is 2. The number of rotatable bonds is 10.